The van der Waals surface area contributed by atoms with Crippen LogP contribution < -0.4 is 10.6 Å². The maximum absolute atomic E-state index is 12.9. The number of aryl methyl sites for hydroxylation is 2. The lowest BCUT2D eigenvalue weighted by Gasteiger charge is -2.15. The molecule has 1 amide bonds. The third kappa shape index (κ3) is 3.89. The Balaban J connectivity index is 2.07. The summed E-state index contributed by atoms with van der Waals surface area (Å²) in [5, 5.41) is 5.89. The van der Waals surface area contributed by atoms with E-state index in [1.165, 1.54) is 24.3 Å². The van der Waals surface area contributed by atoms with Crippen molar-refractivity contribution in [2.24, 2.45) is 0 Å². The van der Waals surface area contributed by atoms with E-state index in [0.29, 0.717) is 5.56 Å². The molecule has 0 radical (unpaired) electrons. The molecule has 0 atom stereocenters. The number of carbonyl (C=O) groups is 1. The first kappa shape index (κ1) is 16.1. The van der Waals surface area contributed by atoms with Crippen molar-refractivity contribution in [1.82, 2.24) is 5.32 Å². The molecule has 5 heteroatoms. The molecule has 0 spiro atoms. The summed E-state index contributed by atoms with van der Waals surface area (Å²) in [4.78, 5) is 12.0. The number of rotatable bonds is 3. The van der Waals surface area contributed by atoms with Crippen LogP contribution in [-0.4, -0.2) is 11.0 Å². The lowest BCUT2D eigenvalue weighted by atomic mass is 10.1. The number of carbonyl (C=O) groups excluding carboxylic acids is 1. The molecule has 0 fully saturated rings. The van der Waals surface area contributed by atoms with E-state index in [9.17, 15) is 9.18 Å². The van der Waals surface area contributed by atoms with Crippen molar-refractivity contribution < 1.29 is 9.18 Å². The fourth-order valence-corrected chi connectivity index (χ4v) is 2.32. The van der Waals surface area contributed by atoms with Crippen LogP contribution in [0.4, 0.5) is 10.1 Å². The van der Waals surface area contributed by atoms with Gasteiger partial charge in [0.15, 0.2) is 5.11 Å². The second kappa shape index (κ2) is 7.13. The fraction of sp³-hybridized carbons (Fsp3) is 0.176. The van der Waals surface area contributed by atoms with Gasteiger partial charge in [0, 0.05) is 11.3 Å². The highest BCUT2D eigenvalue weighted by Gasteiger charge is 2.10. The van der Waals surface area contributed by atoms with E-state index in [0.717, 1.165) is 23.2 Å². The van der Waals surface area contributed by atoms with Crippen LogP contribution in [0.3, 0.4) is 0 Å². The molecule has 0 heterocycles. The maximum atomic E-state index is 12.9. The van der Waals surface area contributed by atoms with Crippen LogP contribution in [0.25, 0.3) is 0 Å². The van der Waals surface area contributed by atoms with Crippen molar-refractivity contribution in [3.8, 4) is 0 Å². The summed E-state index contributed by atoms with van der Waals surface area (Å²) in [5.41, 5.74) is 3.44. The van der Waals surface area contributed by atoms with Gasteiger partial charge in [0.2, 0.25) is 0 Å². The lowest BCUT2D eigenvalue weighted by Crippen LogP contribution is -2.34. The molecular weight excluding hydrogens is 299 g/mol. The average molecular weight is 316 g/mol. The highest BCUT2D eigenvalue weighted by atomic mass is 32.1. The maximum Gasteiger partial charge on any atom is 0.257 e. The molecule has 0 aliphatic carbocycles. The second-order valence-corrected chi connectivity index (χ2v) is 5.29. The van der Waals surface area contributed by atoms with Gasteiger partial charge in [-0.1, -0.05) is 25.1 Å². The Labute approximate surface area is 134 Å². The quantitative estimate of drug-likeness (QED) is 0.846. The first-order valence-electron chi connectivity index (χ1n) is 6.97. The number of anilines is 1. The molecule has 0 aromatic heterocycles. The van der Waals surface area contributed by atoms with Crippen molar-refractivity contribution in [1.29, 1.82) is 0 Å². The summed E-state index contributed by atoms with van der Waals surface area (Å²) in [6.07, 6.45) is 0.860. The van der Waals surface area contributed by atoms with Crippen LogP contribution in [-0.2, 0) is 6.42 Å². The van der Waals surface area contributed by atoms with Crippen molar-refractivity contribution in [3.05, 3.63) is 65.0 Å². The molecule has 0 bridgehead atoms. The van der Waals surface area contributed by atoms with Gasteiger partial charge in [-0.05, 0) is 61.0 Å². The minimum atomic E-state index is -0.384. The number of nitrogens with one attached hydrogen (secondary N) is 2. The number of halogens is 1. The van der Waals surface area contributed by atoms with Gasteiger partial charge >= 0.3 is 0 Å². The highest BCUT2D eigenvalue weighted by molar-refractivity contribution is 7.80. The van der Waals surface area contributed by atoms with Gasteiger partial charge in [-0.25, -0.2) is 4.39 Å². The molecule has 2 aromatic rings. The largest absolute Gasteiger partial charge is 0.332 e. The predicted octanol–water partition coefficient (Wildman–Crippen LogP) is 3.82. The zero-order valence-electron chi connectivity index (χ0n) is 12.4. The number of hydrogen-bond donors (Lipinski definition) is 2. The molecule has 2 rings (SSSR count). The van der Waals surface area contributed by atoms with Crippen molar-refractivity contribution in [2.45, 2.75) is 20.3 Å². The van der Waals surface area contributed by atoms with Crippen molar-refractivity contribution >= 4 is 28.9 Å². The van der Waals surface area contributed by atoms with Gasteiger partial charge in [-0.3, -0.25) is 10.1 Å². The molecule has 0 unspecified atom stereocenters. The van der Waals surface area contributed by atoms with Crippen LogP contribution in [0.5, 0.6) is 0 Å². The molecule has 0 aliphatic heterocycles. The molecule has 114 valence electrons. The molecule has 2 N–H and O–H groups in total. The molecule has 0 saturated carbocycles. The summed E-state index contributed by atoms with van der Waals surface area (Å²) < 4.78 is 12.9. The van der Waals surface area contributed by atoms with E-state index >= 15 is 0 Å². The first-order chi connectivity index (χ1) is 10.5. The third-order valence-electron chi connectivity index (χ3n) is 3.31. The zero-order valence-corrected chi connectivity index (χ0v) is 13.3. The summed E-state index contributed by atoms with van der Waals surface area (Å²) in [5.74, 6) is -0.756. The monoisotopic (exact) mass is 316 g/mol. The number of hydrogen-bond acceptors (Lipinski definition) is 2. The number of benzene rings is 2. The third-order valence-corrected chi connectivity index (χ3v) is 3.52. The SMILES string of the molecule is CCc1cccc(C)c1NC(=S)NC(=O)c1ccc(F)cc1. The Morgan fingerprint density at radius 2 is 1.86 bits per heavy atom. The highest BCUT2D eigenvalue weighted by Crippen LogP contribution is 2.20. The minimum Gasteiger partial charge on any atom is -0.332 e. The van der Waals surface area contributed by atoms with Crippen molar-refractivity contribution in [2.75, 3.05) is 5.32 Å². The van der Waals surface area contributed by atoms with Crippen LogP contribution in [0.15, 0.2) is 42.5 Å². The summed E-state index contributed by atoms with van der Waals surface area (Å²) in [6, 6.07) is 11.3. The smallest absolute Gasteiger partial charge is 0.257 e. The summed E-state index contributed by atoms with van der Waals surface area (Å²) >= 11 is 5.19. The molecule has 0 aliphatic rings. The van der Waals surface area contributed by atoms with Crippen LogP contribution >= 0.6 is 12.2 Å². The van der Waals surface area contributed by atoms with Gasteiger partial charge in [0.25, 0.3) is 5.91 Å². The molecule has 2 aromatic carbocycles. The summed E-state index contributed by atoms with van der Waals surface area (Å²) in [6.45, 7) is 4.03. The number of para-hydroxylation sites is 1. The Morgan fingerprint density at radius 3 is 2.50 bits per heavy atom. The van der Waals surface area contributed by atoms with E-state index in [1.54, 1.807) is 0 Å². The van der Waals surface area contributed by atoms with E-state index < -0.39 is 0 Å². The molecule has 22 heavy (non-hydrogen) atoms. The van der Waals surface area contributed by atoms with Gasteiger partial charge in [0.05, 0.1) is 0 Å². The standard InChI is InChI=1S/C17H17FN2OS/c1-3-12-6-4-5-11(2)15(12)19-17(22)20-16(21)13-7-9-14(18)10-8-13/h4-10H,3H2,1-2H3,(H2,19,20,21,22). The minimum absolute atomic E-state index is 0.221. The van der Waals surface area contributed by atoms with Crippen molar-refractivity contribution in [3.63, 3.8) is 0 Å². The van der Waals surface area contributed by atoms with E-state index in [-0.39, 0.29) is 16.8 Å². The lowest BCUT2D eigenvalue weighted by molar-refractivity contribution is 0.0977. The van der Waals surface area contributed by atoms with Crippen LogP contribution in [0.1, 0.15) is 28.4 Å². The summed E-state index contributed by atoms with van der Waals surface area (Å²) in [7, 11) is 0. The second-order valence-electron chi connectivity index (χ2n) is 4.88. The average Bonchev–Trinajstić information content (AvgIpc) is 2.49. The van der Waals surface area contributed by atoms with Crippen LogP contribution in [0, 0.1) is 12.7 Å². The van der Waals surface area contributed by atoms with Gasteiger partial charge < -0.3 is 5.32 Å². The Bertz CT molecular complexity index is 698. The Morgan fingerprint density at radius 1 is 1.18 bits per heavy atom. The Hall–Kier alpha value is -2.27. The van der Waals surface area contributed by atoms with E-state index in [4.69, 9.17) is 12.2 Å². The van der Waals surface area contributed by atoms with Gasteiger partial charge in [-0.15, -0.1) is 0 Å². The zero-order chi connectivity index (χ0) is 16.1. The van der Waals surface area contributed by atoms with E-state index in [2.05, 4.69) is 17.6 Å². The Kier molecular flexibility index (Phi) is 5.22. The normalized spacial score (nSPS) is 10.1. The van der Waals surface area contributed by atoms with Gasteiger partial charge in [-0.2, -0.15) is 0 Å². The van der Waals surface area contributed by atoms with E-state index in [1.807, 2.05) is 25.1 Å². The molecular formula is C17H17FN2OS. The fourth-order valence-electron chi connectivity index (χ4n) is 2.12. The predicted molar refractivity (Wildman–Crippen MR) is 90.6 cm³/mol. The molecule has 0 saturated heterocycles. The van der Waals surface area contributed by atoms with Crippen LogP contribution in [0.2, 0.25) is 0 Å². The van der Waals surface area contributed by atoms with Gasteiger partial charge in [0.1, 0.15) is 5.82 Å². The molecule has 3 nitrogen and oxygen atoms in total. The topological polar surface area (TPSA) is 41.1 Å². The first-order valence-corrected chi connectivity index (χ1v) is 7.38. The number of thiocarbonyl (C=S) groups is 1. The number of amides is 1.